The third-order valence-corrected chi connectivity index (χ3v) is 4.31. The predicted molar refractivity (Wildman–Crippen MR) is 107 cm³/mol. The molecule has 1 heterocycles. The first kappa shape index (κ1) is 19.5. The standard InChI is InChI=1S/C21H17ClFN3O2/c1-12-8-13(2)19(17(22)9-12)26-21(28)18-10-14(6-7-24-18)20(27)25-16-5-3-4-15(23)11-16/h3-11H,1-2H3,(H,25,27)(H,26,28). The molecule has 0 unspecified atom stereocenters. The second-order valence-electron chi connectivity index (χ2n) is 6.29. The number of aryl methyl sites for hydroxylation is 2. The number of carbonyl (C=O) groups is 2. The van der Waals surface area contributed by atoms with Gasteiger partial charge in [0.1, 0.15) is 11.5 Å². The highest BCUT2D eigenvalue weighted by Gasteiger charge is 2.15. The summed E-state index contributed by atoms with van der Waals surface area (Å²) in [5.41, 5.74) is 2.88. The zero-order valence-corrected chi connectivity index (χ0v) is 16.0. The normalized spacial score (nSPS) is 10.4. The van der Waals surface area contributed by atoms with E-state index in [4.69, 9.17) is 11.6 Å². The first-order valence-electron chi connectivity index (χ1n) is 8.44. The number of aromatic nitrogens is 1. The summed E-state index contributed by atoms with van der Waals surface area (Å²) in [5.74, 6) is -1.43. The summed E-state index contributed by atoms with van der Waals surface area (Å²) in [6, 6.07) is 12.0. The van der Waals surface area contributed by atoms with Crippen molar-refractivity contribution in [2.24, 2.45) is 0 Å². The highest BCUT2D eigenvalue weighted by Crippen LogP contribution is 2.27. The number of carbonyl (C=O) groups excluding carboxylic acids is 2. The van der Waals surface area contributed by atoms with Crippen LogP contribution in [0.4, 0.5) is 15.8 Å². The molecule has 0 fully saturated rings. The molecular formula is C21H17ClFN3O2. The Labute approximate surface area is 166 Å². The van der Waals surface area contributed by atoms with Crippen molar-refractivity contribution >= 4 is 34.8 Å². The molecule has 0 radical (unpaired) electrons. The van der Waals surface area contributed by atoms with Crippen LogP contribution in [-0.2, 0) is 0 Å². The highest BCUT2D eigenvalue weighted by atomic mass is 35.5. The quantitative estimate of drug-likeness (QED) is 0.651. The number of amides is 2. The van der Waals surface area contributed by atoms with Gasteiger partial charge in [0.05, 0.1) is 10.7 Å². The summed E-state index contributed by atoms with van der Waals surface area (Å²) in [5, 5.41) is 5.73. The van der Waals surface area contributed by atoms with Gasteiger partial charge in [-0.2, -0.15) is 0 Å². The van der Waals surface area contributed by atoms with Crippen LogP contribution in [0.2, 0.25) is 5.02 Å². The fourth-order valence-electron chi connectivity index (χ4n) is 2.72. The number of hydrogen-bond acceptors (Lipinski definition) is 3. The van der Waals surface area contributed by atoms with Crippen molar-refractivity contribution in [2.75, 3.05) is 10.6 Å². The minimum absolute atomic E-state index is 0.0583. The van der Waals surface area contributed by atoms with Gasteiger partial charge in [-0.1, -0.05) is 23.7 Å². The minimum atomic E-state index is -0.491. The third kappa shape index (κ3) is 4.53. The Bertz CT molecular complexity index is 1050. The Balaban J connectivity index is 1.79. The molecular weight excluding hydrogens is 381 g/mol. The smallest absolute Gasteiger partial charge is 0.274 e. The molecule has 7 heteroatoms. The maximum atomic E-state index is 13.3. The van der Waals surface area contributed by atoms with Crippen molar-refractivity contribution in [3.05, 3.63) is 88.0 Å². The van der Waals surface area contributed by atoms with Crippen LogP contribution < -0.4 is 10.6 Å². The lowest BCUT2D eigenvalue weighted by Gasteiger charge is -2.12. The van der Waals surface area contributed by atoms with Gasteiger partial charge in [0, 0.05) is 17.4 Å². The Morgan fingerprint density at radius 2 is 1.79 bits per heavy atom. The summed E-state index contributed by atoms with van der Waals surface area (Å²) in [7, 11) is 0. The van der Waals surface area contributed by atoms with Crippen LogP contribution in [0.3, 0.4) is 0 Å². The predicted octanol–water partition coefficient (Wildman–Crippen LogP) is 5.00. The van der Waals surface area contributed by atoms with Crippen molar-refractivity contribution in [2.45, 2.75) is 13.8 Å². The van der Waals surface area contributed by atoms with E-state index >= 15 is 0 Å². The molecule has 1 aromatic heterocycles. The molecule has 0 atom stereocenters. The van der Waals surface area contributed by atoms with Crippen LogP contribution in [0, 0.1) is 19.7 Å². The van der Waals surface area contributed by atoms with Gasteiger partial charge >= 0.3 is 0 Å². The summed E-state index contributed by atoms with van der Waals surface area (Å²) in [4.78, 5) is 29.0. The average Bonchev–Trinajstić information content (AvgIpc) is 2.64. The fourth-order valence-corrected chi connectivity index (χ4v) is 3.09. The summed E-state index contributed by atoms with van der Waals surface area (Å²) < 4.78 is 13.3. The SMILES string of the molecule is Cc1cc(C)c(NC(=O)c2cc(C(=O)Nc3cccc(F)c3)ccn2)c(Cl)c1. The maximum Gasteiger partial charge on any atom is 0.274 e. The number of benzene rings is 2. The van der Waals surface area contributed by atoms with Crippen LogP contribution in [0.25, 0.3) is 0 Å². The lowest BCUT2D eigenvalue weighted by molar-refractivity contribution is 0.102. The van der Waals surface area contributed by atoms with Crippen molar-refractivity contribution in [3.8, 4) is 0 Å². The van der Waals surface area contributed by atoms with Crippen molar-refractivity contribution in [1.29, 1.82) is 0 Å². The van der Waals surface area contributed by atoms with Crippen molar-refractivity contribution < 1.29 is 14.0 Å². The van der Waals surface area contributed by atoms with Gasteiger partial charge in [0.15, 0.2) is 0 Å². The number of hydrogen-bond donors (Lipinski definition) is 2. The topological polar surface area (TPSA) is 71.1 Å². The van der Waals surface area contributed by atoms with E-state index in [0.29, 0.717) is 16.4 Å². The molecule has 0 bridgehead atoms. The van der Waals surface area contributed by atoms with E-state index < -0.39 is 17.6 Å². The van der Waals surface area contributed by atoms with Crippen molar-refractivity contribution in [1.82, 2.24) is 4.98 Å². The number of nitrogens with one attached hydrogen (secondary N) is 2. The summed E-state index contributed by atoms with van der Waals surface area (Å²) in [6.07, 6.45) is 1.36. The second-order valence-corrected chi connectivity index (χ2v) is 6.69. The van der Waals surface area contributed by atoms with Crippen LogP contribution in [-0.4, -0.2) is 16.8 Å². The maximum absolute atomic E-state index is 13.3. The molecule has 0 aliphatic carbocycles. The number of halogens is 2. The molecule has 5 nitrogen and oxygen atoms in total. The van der Waals surface area contributed by atoms with Gasteiger partial charge in [-0.3, -0.25) is 14.6 Å². The summed E-state index contributed by atoms with van der Waals surface area (Å²) in [6.45, 7) is 3.75. The molecule has 0 aliphatic rings. The lowest BCUT2D eigenvalue weighted by atomic mass is 10.1. The molecule has 2 aromatic carbocycles. The fraction of sp³-hybridized carbons (Fsp3) is 0.0952. The van der Waals surface area contributed by atoms with Gasteiger partial charge in [0.25, 0.3) is 11.8 Å². The molecule has 3 aromatic rings. The van der Waals surface area contributed by atoms with Gasteiger partial charge < -0.3 is 10.6 Å². The van der Waals surface area contributed by atoms with Crippen LogP contribution >= 0.6 is 11.6 Å². The van der Waals surface area contributed by atoms with E-state index in [1.165, 1.54) is 36.5 Å². The molecule has 0 aliphatic heterocycles. The Kier molecular flexibility index (Phi) is 5.70. The number of nitrogens with zero attached hydrogens (tertiary/aromatic N) is 1. The number of anilines is 2. The second kappa shape index (κ2) is 8.19. The van der Waals surface area contributed by atoms with E-state index in [-0.39, 0.29) is 11.3 Å². The van der Waals surface area contributed by atoms with Gasteiger partial charge in [-0.15, -0.1) is 0 Å². The Morgan fingerprint density at radius 1 is 1.00 bits per heavy atom. The van der Waals surface area contributed by atoms with Gasteiger partial charge in [0.2, 0.25) is 0 Å². The van der Waals surface area contributed by atoms with E-state index in [1.54, 1.807) is 12.1 Å². The van der Waals surface area contributed by atoms with E-state index in [2.05, 4.69) is 15.6 Å². The molecule has 0 saturated heterocycles. The summed E-state index contributed by atoms with van der Waals surface area (Å²) >= 11 is 6.22. The van der Waals surface area contributed by atoms with Crippen molar-refractivity contribution in [3.63, 3.8) is 0 Å². The molecule has 142 valence electrons. The zero-order valence-electron chi connectivity index (χ0n) is 15.2. The molecule has 3 rings (SSSR count). The minimum Gasteiger partial charge on any atom is -0.322 e. The lowest BCUT2D eigenvalue weighted by Crippen LogP contribution is -2.17. The van der Waals surface area contributed by atoms with Crippen LogP contribution in [0.5, 0.6) is 0 Å². The average molecular weight is 398 g/mol. The largest absolute Gasteiger partial charge is 0.322 e. The molecule has 2 amide bonds. The molecule has 0 saturated carbocycles. The first-order valence-corrected chi connectivity index (χ1v) is 8.82. The Hall–Kier alpha value is -3.25. The van der Waals surface area contributed by atoms with E-state index in [1.807, 2.05) is 19.9 Å². The Morgan fingerprint density at radius 3 is 2.50 bits per heavy atom. The molecule has 0 spiro atoms. The number of rotatable bonds is 4. The number of pyridine rings is 1. The van der Waals surface area contributed by atoms with Gasteiger partial charge in [-0.05, 0) is 61.4 Å². The van der Waals surface area contributed by atoms with Crippen LogP contribution in [0.1, 0.15) is 32.0 Å². The van der Waals surface area contributed by atoms with E-state index in [9.17, 15) is 14.0 Å². The molecule has 2 N–H and O–H groups in total. The third-order valence-electron chi connectivity index (χ3n) is 4.01. The zero-order chi connectivity index (χ0) is 20.3. The van der Waals surface area contributed by atoms with Gasteiger partial charge in [-0.25, -0.2) is 4.39 Å². The monoisotopic (exact) mass is 397 g/mol. The van der Waals surface area contributed by atoms with E-state index in [0.717, 1.165) is 11.1 Å². The first-order chi connectivity index (χ1) is 13.3. The molecule has 28 heavy (non-hydrogen) atoms. The van der Waals surface area contributed by atoms with Crippen LogP contribution in [0.15, 0.2) is 54.7 Å². The highest BCUT2D eigenvalue weighted by molar-refractivity contribution is 6.34.